The van der Waals surface area contributed by atoms with Gasteiger partial charge in [-0.3, -0.25) is 13.9 Å². The van der Waals surface area contributed by atoms with E-state index in [1.54, 1.807) is 0 Å². The van der Waals surface area contributed by atoms with E-state index in [1.807, 2.05) is 5.32 Å². The van der Waals surface area contributed by atoms with E-state index in [1.165, 1.54) is 34.6 Å². The van der Waals surface area contributed by atoms with Crippen molar-refractivity contribution in [2.75, 3.05) is 6.61 Å². The van der Waals surface area contributed by atoms with Gasteiger partial charge in [-0.1, -0.05) is 6.92 Å². The van der Waals surface area contributed by atoms with Crippen LogP contribution in [0.1, 0.15) is 41.0 Å². The Hall–Kier alpha value is -1.18. The zero-order chi connectivity index (χ0) is 26.0. The van der Waals surface area contributed by atoms with Crippen molar-refractivity contribution in [1.29, 1.82) is 0 Å². The van der Waals surface area contributed by atoms with Gasteiger partial charge in [0.15, 0.2) is 0 Å². The van der Waals surface area contributed by atoms with Gasteiger partial charge in [-0.15, -0.1) is 0 Å². The van der Waals surface area contributed by atoms with Crippen LogP contribution in [0.5, 0.6) is 0 Å². The third kappa shape index (κ3) is 14.6. The monoisotopic (exact) mass is 518 g/mol. The van der Waals surface area contributed by atoms with Gasteiger partial charge in [-0.05, 0) is 27.7 Å². The molecule has 0 saturated heterocycles. The molecular weight excluding hydrogens is 486 g/mol. The number of amides is 1. The molecule has 6 atom stereocenters. The Labute approximate surface area is 192 Å². The highest BCUT2D eigenvalue weighted by atomic mass is 31.2. The van der Waals surface area contributed by atoms with Gasteiger partial charge in [-0.25, -0.2) is 0 Å². The fourth-order valence-electron chi connectivity index (χ4n) is 2.13. The van der Waals surface area contributed by atoms with Crippen LogP contribution in [0.4, 0.5) is 0 Å². The number of nitrogens with one attached hydrogen (secondary N) is 1. The Morgan fingerprint density at radius 2 is 1.55 bits per heavy atom. The van der Waals surface area contributed by atoms with E-state index >= 15 is 0 Å². The maximum Gasteiger partial charge on any atom is 0.268 e. The summed E-state index contributed by atoms with van der Waals surface area (Å²) < 4.78 is 42.2. The summed E-state index contributed by atoms with van der Waals surface area (Å²) in [4.78, 5) is 46.3. The van der Waals surface area contributed by atoms with E-state index in [0.29, 0.717) is 6.29 Å². The van der Waals surface area contributed by atoms with Crippen LogP contribution >= 0.6 is 15.6 Å². The summed E-state index contributed by atoms with van der Waals surface area (Å²) in [5.41, 5.74) is 5.45. The third-order valence-electron chi connectivity index (χ3n) is 3.57. The first-order valence-electron chi connectivity index (χ1n) is 9.88. The highest BCUT2D eigenvalue weighted by Gasteiger charge is 2.30. The average Bonchev–Trinajstić information content (AvgIpc) is 2.62. The number of aldehydes is 1. The van der Waals surface area contributed by atoms with Crippen molar-refractivity contribution in [3.63, 3.8) is 0 Å². The summed E-state index contributed by atoms with van der Waals surface area (Å²) in [6.45, 7) is 6.08. The first-order chi connectivity index (χ1) is 15.0. The van der Waals surface area contributed by atoms with Crippen LogP contribution in [0, 0.1) is 5.92 Å². The number of allylic oxidation sites excluding steroid dienone is 1. The second kappa shape index (κ2) is 14.3. The summed E-state index contributed by atoms with van der Waals surface area (Å²) in [5.74, 6) is -1.69. The number of hydrogen-bond donors (Lipinski definition) is 4. The van der Waals surface area contributed by atoms with Gasteiger partial charge in [0.05, 0.1) is 30.8 Å². The molecule has 0 saturated carbocycles. The first-order valence-corrected chi connectivity index (χ1v) is 12.8. The number of carbonyl (C=O) groups is 2. The minimum Gasteiger partial charge on any atom is -0.756 e. The van der Waals surface area contributed by atoms with Crippen LogP contribution < -0.4 is 20.8 Å². The lowest BCUT2D eigenvalue weighted by atomic mass is 10.1. The smallest absolute Gasteiger partial charge is 0.268 e. The zero-order valence-corrected chi connectivity index (χ0v) is 20.8. The standard InChI is InChI=1S/C17H34N2O12P2/c1-10(2)29-32(24,25)28-9-14(21)15(31-33(26,27)30-11(3)4)7-17(23)19-16(22)6-13(18)12(5)8-20/h6,8,10-12,14-15,17,21,23H,7,9,18H2,1-5H3,(H,19,22)(H,24,25)(H,26,27)/p-2/b13-6+/t12?,14-,15+,17-/m0/s1. The highest BCUT2D eigenvalue weighted by molar-refractivity contribution is 7.46. The topological polar surface area (TPSA) is 230 Å². The van der Waals surface area contributed by atoms with Gasteiger partial charge in [0, 0.05) is 18.2 Å². The molecule has 0 radical (unpaired) electrons. The summed E-state index contributed by atoms with van der Waals surface area (Å²) in [5, 5.41) is 22.4. The van der Waals surface area contributed by atoms with Gasteiger partial charge >= 0.3 is 0 Å². The summed E-state index contributed by atoms with van der Waals surface area (Å²) in [6, 6.07) is 0. The molecular formula is C17H32N2O12P2-2. The summed E-state index contributed by atoms with van der Waals surface area (Å²) >= 11 is 0. The van der Waals surface area contributed by atoms with Crippen LogP contribution in [0.2, 0.25) is 0 Å². The van der Waals surface area contributed by atoms with Crippen molar-refractivity contribution < 1.29 is 56.8 Å². The van der Waals surface area contributed by atoms with E-state index in [2.05, 4.69) is 13.6 Å². The van der Waals surface area contributed by atoms with E-state index in [-0.39, 0.29) is 5.70 Å². The van der Waals surface area contributed by atoms with Crippen molar-refractivity contribution >= 4 is 27.8 Å². The minimum atomic E-state index is -5.01. The van der Waals surface area contributed by atoms with Crippen molar-refractivity contribution in [3.8, 4) is 0 Å². The van der Waals surface area contributed by atoms with Gasteiger partial charge in [0.1, 0.15) is 18.6 Å². The van der Waals surface area contributed by atoms with Crippen LogP contribution in [-0.2, 0) is 36.8 Å². The Bertz CT molecular complexity index is 760. The summed E-state index contributed by atoms with van der Waals surface area (Å²) in [6.07, 6.45) is -6.45. The van der Waals surface area contributed by atoms with Crippen molar-refractivity contribution in [1.82, 2.24) is 5.32 Å². The normalized spacial score (nSPS) is 19.9. The predicted octanol–water partition coefficient (Wildman–Crippen LogP) is -0.962. The Morgan fingerprint density at radius 3 is 2.03 bits per heavy atom. The van der Waals surface area contributed by atoms with Gasteiger partial charge in [0.2, 0.25) is 5.91 Å². The molecule has 0 aromatic heterocycles. The molecule has 16 heteroatoms. The molecule has 0 aliphatic carbocycles. The number of aliphatic hydroxyl groups is 2. The van der Waals surface area contributed by atoms with Crippen molar-refractivity contribution in [2.24, 2.45) is 11.7 Å². The molecule has 14 nitrogen and oxygen atoms in total. The molecule has 0 spiro atoms. The number of carbonyl (C=O) groups excluding carboxylic acids is 2. The molecule has 194 valence electrons. The highest BCUT2D eigenvalue weighted by Crippen LogP contribution is 2.44. The maximum absolute atomic E-state index is 12.0. The molecule has 0 heterocycles. The molecule has 0 rings (SSSR count). The fourth-order valence-corrected chi connectivity index (χ4v) is 4.17. The van der Waals surface area contributed by atoms with Crippen LogP contribution in [0.3, 0.4) is 0 Å². The lowest BCUT2D eigenvalue weighted by Gasteiger charge is -2.33. The Balaban J connectivity index is 5.37. The zero-order valence-electron chi connectivity index (χ0n) is 19.0. The van der Waals surface area contributed by atoms with Gasteiger partial charge < -0.3 is 53.9 Å². The minimum absolute atomic E-state index is 0.0957. The van der Waals surface area contributed by atoms with E-state index in [0.717, 1.165) is 6.08 Å². The number of phosphoric ester groups is 2. The molecule has 0 fully saturated rings. The Kier molecular flexibility index (Phi) is 13.8. The molecule has 0 bridgehead atoms. The largest absolute Gasteiger partial charge is 0.756 e. The second-order valence-corrected chi connectivity index (χ2v) is 10.2. The summed E-state index contributed by atoms with van der Waals surface area (Å²) in [7, 11) is -9.84. The lowest BCUT2D eigenvalue weighted by Crippen LogP contribution is -2.42. The Morgan fingerprint density at radius 1 is 1.03 bits per heavy atom. The molecule has 1 amide bonds. The maximum atomic E-state index is 12.0. The van der Waals surface area contributed by atoms with Crippen molar-refractivity contribution in [3.05, 3.63) is 11.8 Å². The predicted molar refractivity (Wildman–Crippen MR) is 111 cm³/mol. The lowest BCUT2D eigenvalue weighted by molar-refractivity contribution is -0.239. The molecule has 5 N–H and O–H groups in total. The number of rotatable bonds is 16. The van der Waals surface area contributed by atoms with Gasteiger partial charge in [0.25, 0.3) is 15.6 Å². The third-order valence-corrected chi connectivity index (χ3v) is 5.92. The van der Waals surface area contributed by atoms with Crippen LogP contribution in [-0.4, -0.2) is 59.7 Å². The molecule has 0 aliphatic rings. The molecule has 33 heavy (non-hydrogen) atoms. The quantitative estimate of drug-likeness (QED) is 0.0835. The number of phosphoric acid groups is 2. The van der Waals surface area contributed by atoms with Crippen LogP contribution in [0.25, 0.3) is 0 Å². The van der Waals surface area contributed by atoms with E-state index in [9.17, 15) is 38.7 Å². The SMILES string of the molecule is CC(C)OP(=O)([O-])OC[C@H](O)[C@@H](C[C@H](O)NC(=O)/C=C(/N)C(C)C=O)OP(=O)([O-])OC(C)C. The first kappa shape index (κ1) is 31.8. The number of nitrogens with two attached hydrogens (primary N) is 1. The fraction of sp³-hybridized carbons (Fsp3) is 0.765. The van der Waals surface area contributed by atoms with E-state index < -0.39 is 71.1 Å². The van der Waals surface area contributed by atoms with E-state index in [4.69, 9.17) is 10.3 Å². The molecule has 0 aromatic carbocycles. The molecule has 3 unspecified atom stereocenters. The molecule has 0 aliphatic heterocycles. The second-order valence-electron chi connectivity index (χ2n) is 7.54. The number of aliphatic hydroxyl groups excluding tert-OH is 2. The van der Waals surface area contributed by atoms with Crippen molar-refractivity contribution in [2.45, 2.75) is 71.7 Å². The molecule has 0 aromatic rings. The number of hydrogen-bond acceptors (Lipinski definition) is 13. The van der Waals surface area contributed by atoms with Gasteiger partial charge in [-0.2, -0.15) is 0 Å². The van der Waals surface area contributed by atoms with Crippen LogP contribution in [0.15, 0.2) is 11.8 Å². The average molecular weight is 518 g/mol.